The Balaban J connectivity index is 2.31. The third-order valence-corrected chi connectivity index (χ3v) is 3.64. The molecular weight excluding hydrogens is 314 g/mol. The number of ether oxygens (including phenoxy) is 1. The van der Waals surface area contributed by atoms with Gasteiger partial charge in [-0.2, -0.15) is 0 Å². The number of benzene rings is 1. The zero-order valence-electron chi connectivity index (χ0n) is 12.8. The average Bonchev–Trinajstić information content (AvgIpc) is 2.43. The van der Waals surface area contributed by atoms with Gasteiger partial charge in [0.15, 0.2) is 0 Å². The predicted octanol–water partition coefficient (Wildman–Crippen LogP) is 3.50. The molecule has 22 heavy (non-hydrogen) atoms. The van der Waals surface area contributed by atoms with Crippen molar-refractivity contribution in [2.24, 2.45) is 0 Å². The van der Waals surface area contributed by atoms with Crippen LogP contribution in [0.2, 0.25) is 5.02 Å². The first-order valence-corrected chi connectivity index (χ1v) is 7.42. The summed E-state index contributed by atoms with van der Waals surface area (Å²) in [5.41, 5.74) is -0.477. The fourth-order valence-electron chi connectivity index (χ4n) is 2.32. The topological polar surface area (TPSA) is 41.6 Å². The fraction of sp³-hybridized carbons (Fsp3) is 0.533. The minimum atomic E-state index is -0.844. The highest BCUT2D eigenvalue weighted by molar-refractivity contribution is 6.30. The first kappa shape index (κ1) is 17.0. The van der Waals surface area contributed by atoms with E-state index >= 15 is 0 Å². The number of hydrogen-bond acceptors (Lipinski definition) is 3. The van der Waals surface area contributed by atoms with Crippen molar-refractivity contribution < 1.29 is 18.3 Å². The van der Waals surface area contributed by atoms with Crippen molar-refractivity contribution in [3.63, 3.8) is 0 Å². The van der Waals surface area contributed by atoms with E-state index in [9.17, 15) is 13.6 Å². The lowest BCUT2D eigenvalue weighted by Gasteiger charge is -2.37. The highest BCUT2D eigenvalue weighted by atomic mass is 35.5. The van der Waals surface area contributed by atoms with Gasteiger partial charge in [0, 0.05) is 25.2 Å². The summed E-state index contributed by atoms with van der Waals surface area (Å²) in [5, 5.41) is 2.53. The van der Waals surface area contributed by atoms with Crippen molar-refractivity contribution in [1.29, 1.82) is 0 Å². The van der Waals surface area contributed by atoms with Gasteiger partial charge in [0.25, 0.3) is 0 Å². The highest BCUT2D eigenvalue weighted by Gasteiger charge is 2.33. The van der Waals surface area contributed by atoms with Crippen LogP contribution in [0.4, 0.5) is 13.6 Å². The molecule has 1 aliphatic rings. The standard InChI is InChI=1S/C15H19ClF2N2O2/c1-15(2,3)22-14(21)20-7-6-19-8-11(20)9-4-5-10(17)12(16)13(9)18/h4-5,11,19H,6-8H2,1-3H3. The van der Waals surface area contributed by atoms with E-state index in [2.05, 4.69) is 5.32 Å². The fourth-order valence-corrected chi connectivity index (χ4v) is 2.49. The summed E-state index contributed by atoms with van der Waals surface area (Å²) in [7, 11) is 0. The van der Waals surface area contributed by atoms with E-state index in [1.807, 2.05) is 0 Å². The maximum absolute atomic E-state index is 14.2. The monoisotopic (exact) mass is 332 g/mol. The molecule has 0 aliphatic carbocycles. The minimum absolute atomic E-state index is 0.171. The molecule has 1 amide bonds. The number of hydrogen-bond donors (Lipinski definition) is 1. The summed E-state index contributed by atoms with van der Waals surface area (Å²) >= 11 is 5.63. The van der Waals surface area contributed by atoms with Crippen molar-refractivity contribution in [3.05, 3.63) is 34.4 Å². The Labute approximate surface area is 133 Å². The van der Waals surface area contributed by atoms with E-state index in [1.54, 1.807) is 20.8 Å². The first-order chi connectivity index (χ1) is 10.2. The second kappa shape index (κ2) is 6.38. The minimum Gasteiger partial charge on any atom is -0.444 e. The number of amides is 1. The van der Waals surface area contributed by atoms with E-state index in [-0.39, 0.29) is 5.56 Å². The smallest absolute Gasteiger partial charge is 0.410 e. The predicted molar refractivity (Wildman–Crippen MR) is 79.9 cm³/mol. The lowest BCUT2D eigenvalue weighted by atomic mass is 10.0. The molecule has 0 radical (unpaired) electrons. The van der Waals surface area contributed by atoms with Crippen LogP contribution in [0.25, 0.3) is 0 Å². The van der Waals surface area contributed by atoms with Crippen LogP contribution in [0.1, 0.15) is 32.4 Å². The maximum atomic E-state index is 14.2. The molecule has 7 heteroatoms. The molecule has 1 aromatic rings. The number of rotatable bonds is 1. The summed E-state index contributed by atoms with van der Waals surface area (Å²) < 4.78 is 32.9. The molecule has 1 unspecified atom stereocenters. The van der Waals surface area contributed by atoms with Crippen LogP contribution in [0.5, 0.6) is 0 Å². The van der Waals surface area contributed by atoms with Gasteiger partial charge in [0.05, 0.1) is 6.04 Å². The summed E-state index contributed by atoms with van der Waals surface area (Å²) in [5.74, 6) is -1.67. The molecule has 0 saturated carbocycles. The molecule has 1 fully saturated rings. The number of carbonyl (C=O) groups excluding carboxylic acids is 1. The van der Waals surface area contributed by atoms with Crippen molar-refractivity contribution in [2.45, 2.75) is 32.4 Å². The molecule has 4 nitrogen and oxygen atoms in total. The Bertz CT molecular complexity index is 575. The summed E-state index contributed by atoms with van der Waals surface area (Å²) in [6.07, 6.45) is -0.529. The number of halogens is 3. The number of carbonyl (C=O) groups is 1. The van der Waals surface area contributed by atoms with Crippen molar-refractivity contribution >= 4 is 17.7 Å². The van der Waals surface area contributed by atoms with E-state index in [0.717, 1.165) is 6.07 Å². The van der Waals surface area contributed by atoms with Gasteiger partial charge in [0.2, 0.25) is 0 Å². The van der Waals surface area contributed by atoms with Gasteiger partial charge in [-0.3, -0.25) is 4.90 Å². The Morgan fingerprint density at radius 3 is 2.73 bits per heavy atom. The van der Waals surface area contributed by atoms with Gasteiger partial charge >= 0.3 is 6.09 Å². The van der Waals surface area contributed by atoms with Gasteiger partial charge in [-0.15, -0.1) is 0 Å². The van der Waals surface area contributed by atoms with E-state index in [4.69, 9.17) is 16.3 Å². The highest BCUT2D eigenvalue weighted by Crippen LogP contribution is 2.31. The summed E-state index contributed by atoms with van der Waals surface area (Å²) in [6, 6.07) is 1.82. The molecule has 1 aliphatic heterocycles. The lowest BCUT2D eigenvalue weighted by Crippen LogP contribution is -2.50. The van der Waals surface area contributed by atoms with Crippen LogP contribution in [-0.4, -0.2) is 36.2 Å². The molecule has 2 rings (SSSR count). The Morgan fingerprint density at radius 2 is 2.09 bits per heavy atom. The zero-order chi connectivity index (χ0) is 16.5. The van der Waals surface area contributed by atoms with Crippen molar-refractivity contribution in [1.82, 2.24) is 10.2 Å². The Kier molecular flexibility index (Phi) is 4.92. The Morgan fingerprint density at radius 1 is 1.41 bits per heavy atom. The molecular formula is C15H19ClF2N2O2. The zero-order valence-corrected chi connectivity index (χ0v) is 13.5. The quantitative estimate of drug-likeness (QED) is 0.800. The molecule has 122 valence electrons. The van der Waals surface area contributed by atoms with Crippen LogP contribution in [0.15, 0.2) is 12.1 Å². The maximum Gasteiger partial charge on any atom is 0.410 e. The van der Waals surface area contributed by atoms with Crippen LogP contribution in [-0.2, 0) is 4.74 Å². The van der Waals surface area contributed by atoms with E-state index in [1.165, 1.54) is 11.0 Å². The van der Waals surface area contributed by atoms with Gasteiger partial charge in [-0.25, -0.2) is 13.6 Å². The van der Waals surface area contributed by atoms with Gasteiger partial charge < -0.3 is 10.1 Å². The number of nitrogens with zero attached hydrogens (tertiary/aromatic N) is 1. The lowest BCUT2D eigenvalue weighted by molar-refractivity contribution is 0.0114. The van der Waals surface area contributed by atoms with Gasteiger partial charge in [-0.05, 0) is 26.8 Å². The van der Waals surface area contributed by atoms with Crippen LogP contribution in [0, 0.1) is 11.6 Å². The molecule has 1 saturated heterocycles. The largest absolute Gasteiger partial charge is 0.444 e. The molecule has 0 spiro atoms. The third-order valence-electron chi connectivity index (χ3n) is 3.30. The molecule has 1 N–H and O–H groups in total. The Hall–Kier alpha value is -1.40. The average molecular weight is 333 g/mol. The van der Waals surface area contributed by atoms with Gasteiger partial charge in [-0.1, -0.05) is 17.7 Å². The second-order valence-corrected chi connectivity index (χ2v) is 6.54. The second-order valence-electron chi connectivity index (χ2n) is 6.16. The molecule has 0 aromatic heterocycles. The molecule has 0 bridgehead atoms. The number of piperazine rings is 1. The van der Waals surface area contributed by atoms with Gasteiger partial charge in [0.1, 0.15) is 22.3 Å². The molecule has 1 atom stereocenters. The number of nitrogens with one attached hydrogen (secondary N) is 1. The molecule has 1 aromatic carbocycles. The SMILES string of the molecule is CC(C)(C)OC(=O)N1CCNCC1c1ccc(F)c(Cl)c1F. The van der Waals surface area contributed by atoms with E-state index < -0.39 is 34.4 Å². The van der Waals surface area contributed by atoms with Crippen LogP contribution in [0.3, 0.4) is 0 Å². The first-order valence-electron chi connectivity index (χ1n) is 7.04. The van der Waals surface area contributed by atoms with Crippen LogP contribution < -0.4 is 5.32 Å². The van der Waals surface area contributed by atoms with E-state index in [0.29, 0.717) is 19.6 Å². The van der Waals surface area contributed by atoms with Crippen LogP contribution >= 0.6 is 11.6 Å². The third kappa shape index (κ3) is 3.67. The van der Waals surface area contributed by atoms with Crippen molar-refractivity contribution in [2.75, 3.05) is 19.6 Å². The summed E-state index contributed by atoms with van der Waals surface area (Å²) in [4.78, 5) is 13.7. The normalized spacial score (nSPS) is 19.2. The molecule has 1 heterocycles. The van der Waals surface area contributed by atoms with Crippen molar-refractivity contribution in [3.8, 4) is 0 Å². The summed E-state index contributed by atoms with van der Waals surface area (Å²) in [6.45, 7) is 6.57.